The third-order valence-corrected chi connectivity index (χ3v) is 9.82. The van der Waals surface area contributed by atoms with Gasteiger partial charge in [0, 0.05) is 0 Å². The van der Waals surface area contributed by atoms with Gasteiger partial charge in [-0.15, -0.1) is 0 Å². The Kier molecular flexibility index (Phi) is 8.90. The summed E-state index contributed by atoms with van der Waals surface area (Å²) in [4.78, 5) is 23.7. The molecule has 3 rings (SSSR count). The first-order valence-electron chi connectivity index (χ1n) is 12.5. The van der Waals surface area contributed by atoms with E-state index in [1.807, 2.05) is 0 Å². The van der Waals surface area contributed by atoms with Gasteiger partial charge in [-0.3, -0.25) is 9.59 Å². The normalized spacial score (nSPS) is 12.4. The van der Waals surface area contributed by atoms with E-state index in [-0.39, 0.29) is 27.0 Å². The SMILES string of the molecule is COc1ccc(N(S(=O)(=O)c2ccc(OC(=O)C(C)(C)C)cc2)S(=O)(=O)c2ccc(OC(=O)C(C)(C)C)cc2)cc1. The smallest absolute Gasteiger partial charge is 0.316 e. The van der Waals surface area contributed by atoms with Crippen LogP contribution in [0.15, 0.2) is 82.6 Å². The summed E-state index contributed by atoms with van der Waals surface area (Å²) in [5.41, 5.74) is -1.74. The molecule has 41 heavy (non-hydrogen) atoms. The van der Waals surface area contributed by atoms with Crippen LogP contribution in [0.2, 0.25) is 0 Å². The molecule has 0 bridgehead atoms. The van der Waals surface area contributed by atoms with Gasteiger partial charge in [-0.1, -0.05) is 0 Å². The molecule has 3 aromatic carbocycles. The van der Waals surface area contributed by atoms with E-state index < -0.39 is 42.8 Å². The van der Waals surface area contributed by atoms with Gasteiger partial charge in [-0.2, -0.15) is 3.71 Å². The topological polar surface area (TPSA) is 133 Å². The summed E-state index contributed by atoms with van der Waals surface area (Å²) in [5.74, 6) is -0.455. The quantitative estimate of drug-likeness (QED) is 0.252. The van der Waals surface area contributed by atoms with Crippen molar-refractivity contribution in [2.24, 2.45) is 10.8 Å². The summed E-state index contributed by atoms with van der Waals surface area (Å²) < 4.78 is 71.5. The second kappa shape index (κ2) is 11.5. The summed E-state index contributed by atoms with van der Waals surface area (Å²) in [6.45, 7) is 10.0. The molecule has 0 atom stereocenters. The van der Waals surface area contributed by atoms with Crippen molar-refractivity contribution in [3.05, 3.63) is 72.8 Å². The molecule has 0 aliphatic heterocycles. The van der Waals surface area contributed by atoms with Gasteiger partial charge in [0.2, 0.25) is 0 Å². The minimum atomic E-state index is -4.72. The van der Waals surface area contributed by atoms with Crippen LogP contribution in [-0.4, -0.2) is 35.9 Å². The van der Waals surface area contributed by atoms with Crippen LogP contribution < -0.4 is 17.9 Å². The van der Waals surface area contributed by atoms with Gasteiger partial charge in [-0.05, 0) is 114 Å². The Morgan fingerprint density at radius 2 is 0.878 bits per heavy atom. The Morgan fingerprint density at radius 3 is 1.17 bits per heavy atom. The molecule has 0 saturated heterocycles. The molecule has 0 aliphatic rings. The van der Waals surface area contributed by atoms with Crippen LogP contribution in [0.25, 0.3) is 0 Å². The van der Waals surface area contributed by atoms with E-state index >= 15 is 0 Å². The lowest BCUT2D eigenvalue weighted by Crippen LogP contribution is -2.37. The number of carbonyl (C=O) groups is 2. The van der Waals surface area contributed by atoms with E-state index in [2.05, 4.69) is 0 Å². The lowest BCUT2D eigenvalue weighted by Gasteiger charge is -2.24. The van der Waals surface area contributed by atoms with E-state index in [4.69, 9.17) is 14.2 Å². The predicted octanol–water partition coefficient (Wildman–Crippen LogP) is 5.18. The first-order chi connectivity index (χ1) is 18.9. The molecule has 0 amide bonds. The van der Waals surface area contributed by atoms with E-state index in [1.165, 1.54) is 55.6 Å². The number of anilines is 1. The number of hydrogen-bond acceptors (Lipinski definition) is 9. The van der Waals surface area contributed by atoms with Gasteiger partial charge in [0.05, 0.1) is 33.4 Å². The van der Waals surface area contributed by atoms with Crippen molar-refractivity contribution in [3.8, 4) is 17.2 Å². The largest absolute Gasteiger partial charge is 0.497 e. The molecule has 3 aromatic rings. The first-order valence-corrected chi connectivity index (χ1v) is 15.3. The molecule has 0 aromatic heterocycles. The zero-order valence-corrected chi connectivity index (χ0v) is 25.5. The Labute approximate surface area is 241 Å². The van der Waals surface area contributed by atoms with Gasteiger partial charge in [0.1, 0.15) is 17.2 Å². The highest BCUT2D eigenvalue weighted by molar-refractivity contribution is 8.10. The zero-order chi connectivity index (χ0) is 30.8. The second-order valence-corrected chi connectivity index (χ2v) is 14.9. The minimum Gasteiger partial charge on any atom is -0.497 e. The first kappa shape index (κ1) is 31.6. The summed E-state index contributed by atoms with van der Waals surface area (Å²) in [7, 11) is -8.03. The van der Waals surface area contributed by atoms with E-state index in [0.29, 0.717) is 9.46 Å². The van der Waals surface area contributed by atoms with Crippen molar-refractivity contribution < 1.29 is 40.6 Å². The highest BCUT2D eigenvalue weighted by Gasteiger charge is 2.37. The number of rotatable bonds is 8. The number of ether oxygens (including phenoxy) is 3. The van der Waals surface area contributed by atoms with Crippen LogP contribution in [0, 0.1) is 10.8 Å². The summed E-state index contributed by atoms with van der Waals surface area (Å²) in [6, 6.07) is 15.2. The highest BCUT2D eigenvalue weighted by Crippen LogP contribution is 2.33. The third-order valence-electron chi connectivity index (χ3n) is 5.61. The molecule has 0 N–H and O–H groups in total. The average Bonchev–Trinajstić information content (AvgIpc) is 2.88. The number of nitrogens with zero attached hydrogens (tertiary/aromatic N) is 1. The van der Waals surface area contributed by atoms with E-state index in [0.717, 1.165) is 24.3 Å². The molecule has 0 aliphatic carbocycles. The van der Waals surface area contributed by atoms with E-state index in [1.54, 1.807) is 41.5 Å². The van der Waals surface area contributed by atoms with Gasteiger partial charge < -0.3 is 14.2 Å². The summed E-state index contributed by atoms with van der Waals surface area (Å²) >= 11 is 0. The second-order valence-electron chi connectivity index (χ2n) is 11.1. The number of methoxy groups -OCH3 is 1. The van der Waals surface area contributed by atoms with Gasteiger partial charge in [-0.25, -0.2) is 16.8 Å². The molecule has 0 heterocycles. The lowest BCUT2D eigenvalue weighted by atomic mass is 9.97. The van der Waals surface area contributed by atoms with Crippen LogP contribution in [0.3, 0.4) is 0 Å². The van der Waals surface area contributed by atoms with Crippen molar-refractivity contribution in [1.29, 1.82) is 0 Å². The predicted molar refractivity (Wildman–Crippen MR) is 153 cm³/mol. The maximum atomic E-state index is 13.9. The maximum absolute atomic E-state index is 13.9. The Hall–Kier alpha value is -3.90. The average molecular weight is 604 g/mol. The van der Waals surface area contributed by atoms with Gasteiger partial charge in [0.15, 0.2) is 0 Å². The molecule has 12 heteroatoms. The monoisotopic (exact) mass is 603 g/mol. The standard InChI is InChI=1S/C29H33NO9S2/c1-28(2,3)26(31)38-22-12-16-24(17-13-22)40(33,34)30(20-8-10-21(37-7)11-9-20)41(35,36)25-18-14-23(15-19-25)39-27(32)29(4,5)6/h8-19H,1-7H3. The van der Waals surface area contributed by atoms with Gasteiger partial charge >= 0.3 is 11.9 Å². The van der Waals surface area contributed by atoms with Crippen LogP contribution >= 0.6 is 0 Å². The summed E-state index contributed by atoms with van der Waals surface area (Å²) in [6.07, 6.45) is 0. The van der Waals surface area contributed by atoms with Crippen molar-refractivity contribution in [1.82, 2.24) is 0 Å². The fourth-order valence-electron chi connectivity index (χ4n) is 3.18. The molecule has 220 valence electrons. The van der Waals surface area contributed by atoms with Crippen LogP contribution in [0.1, 0.15) is 41.5 Å². The molecule has 10 nitrogen and oxygen atoms in total. The molecule has 0 radical (unpaired) electrons. The maximum Gasteiger partial charge on any atom is 0.316 e. The number of sulfonamides is 2. The third kappa shape index (κ3) is 7.25. The van der Waals surface area contributed by atoms with E-state index in [9.17, 15) is 26.4 Å². The van der Waals surface area contributed by atoms with Crippen molar-refractivity contribution in [3.63, 3.8) is 0 Å². The van der Waals surface area contributed by atoms with Gasteiger partial charge in [0.25, 0.3) is 20.0 Å². The Bertz CT molecular complexity index is 1510. The summed E-state index contributed by atoms with van der Waals surface area (Å²) in [5, 5.41) is 0. The Morgan fingerprint density at radius 1 is 0.561 bits per heavy atom. The molecule has 0 spiro atoms. The number of esters is 2. The number of benzene rings is 3. The van der Waals surface area contributed by atoms with Crippen molar-refractivity contribution in [2.75, 3.05) is 10.8 Å². The van der Waals surface area contributed by atoms with Crippen LogP contribution in [0.4, 0.5) is 5.69 Å². The highest BCUT2D eigenvalue weighted by atomic mass is 32.3. The van der Waals surface area contributed by atoms with Crippen LogP contribution in [-0.2, 0) is 29.6 Å². The van der Waals surface area contributed by atoms with Crippen molar-refractivity contribution in [2.45, 2.75) is 51.3 Å². The molecule has 0 fully saturated rings. The minimum absolute atomic E-state index is 0.100. The van der Waals surface area contributed by atoms with Crippen LogP contribution in [0.5, 0.6) is 17.2 Å². The molecule has 0 saturated carbocycles. The lowest BCUT2D eigenvalue weighted by molar-refractivity contribution is -0.143. The Balaban J connectivity index is 2.05. The van der Waals surface area contributed by atoms with Crippen molar-refractivity contribution >= 4 is 37.7 Å². The number of hydrogen-bond donors (Lipinski definition) is 0. The zero-order valence-electron chi connectivity index (χ0n) is 23.9. The molecule has 0 unspecified atom stereocenters. The fraction of sp³-hybridized carbons (Fsp3) is 0.310. The molecular weight excluding hydrogens is 570 g/mol. The number of carbonyl (C=O) groups excluding carboxylic acids is 2. The fourth-order valence-corrected chi connectivity index (χ4v) is 6.87. The molecular formula is C29H33NO9S2.